The van der Waals surface area contributed by atoms with Crippen molar-refractivity contribution < 1.29 is 22.8 Å². The quantitative estimate of drug-likeness (QED) is 0.551. The Labute approximate surface area is 177 Å². The summed E-state index contributed by atoms with van der Waals surface area (Å²) in [6.45, 7) is 3.43. The first-order valence-electron chi connectivity index (χ1n) is 9.79. The van der Waals surface area contributed by atoms with Crippen LogP contribution in [0.25, 0.3) is 0 Å². The van der Waals surface area contributed by atoms with Crippen LogP contribution in [-0.2, 0) is 6.42 Å². The summed E-state index contributed by atoms with van der Waals surface area (Å²) < 4.78 is 24.0. The van der Waals surface area contributed by atoms with Crippen LogP contribution >= 0.6 is 0 Å². The Morgan fingerprint density at radius 1 is 1.03 bits per heavy atom. The lowest BCUT2D eigenvalue weighted by molar-refractivity contribution is 0.0828. The predicted molar refractivity (Wildman–Crippen MR) is 111 cm³/mol. The number of rotatable bonds is 4. The SMILES string of the molecule is Cc1occc1C(=O)NNC(=O)c1oc2c(c1C)/C(=N/Nc1ccc(F)cc1)CCC2. The summed E-state index contributed by atoms with van der Waals surface area (Å²) in [5, 5.41) is 4.45. The molecule has 0 aliphatic heterocycles. The molecule has 8 nitrogen and oxygen atoms in total. The van der Waals surface area contributed by atoms with Gasteiger partial charge in [0.1, 0.15) is 17.3 Å². The molecule has 3 N–H and O–H groups in total. The van der Waals surface area contributed by atoms with E-state index in [1.807, 2.05) is 0 Å². The third kappa shape index (κ3) is 4.20. The number of fused-ring (bicyclic) bond motifs is 1. The Morgan fingerprint density at radius 2 is 1.77 bits per heavy atom. The highest BCUT2D eigenvalue weighted by Gasteiger charge is 2.28. The first-order chi connectivity index (χ1) is 14.9. The van der Waals surface area contributed by atoms with E-state index in [-0.39, 0.29) is 11.6 Å². The molecular weight excluding hydrogens is 403 g/mol. The number of nitrogens with zero attached hydrogens (tertiary/aromatic N) is 1. The van der Waals surface area contributed by atoms with Crippen molar-refractivity contribution in [3.05, 3.63) is 76.4 Å². The molecule has 0 fully saturated rings. The van der Waals surface area contributed by atoms with Gasteiger partial charge >= 0.3 is 5.91 Å². The van der Waals surface area contributed by atoms with Crippen molar-refractivity contribution in [2.24, 2.45) is 5.10 Å². The Morgan fingerprint density at radius 3 is 2.48 bits per heavy atom. The number of anilines is 1. The van der Waals surface area contributed by atoms with Gasteiger partial charge in [-0.1, -0.05) is 0 Å². The molecule has 0 saturated heterocycles. The summed E-state index contributed by atoms with van der Waals surface area (Å²) >= 11 is 0. The molecule has 0 atom stereocenters. The standard InChI is InChI=1S/C22H21FN4O4/c1-12-19-17(25-24-15-8-6-14(23)7-9-15)4-3-5-18(19)31-20(12)22(29)27-26-21(28)16-10-11-30-13(16)2/h6-11,24H,3-5H2,1-2H3,(H,26,28)(H,27,29)/b25-17+. The number of halogens is 1. The molecule has 0 unspecified atom stereocenters. The van der Waals surface area contributed by atoms with Gasteiger partial charge in [0, 0.05) is 17.5 Å². The summed E-state index contributed by atoms with van der Waals surface area (Å²) in [5.41, 5.74) is 10.8. The number of amides is 2. The van der Waals surface area contributed by atoms with Crippen LogP contribution in [0.2, 0.25) is 0 Å². The van der Waals surface area contributed by atoms with E-state index in [2.05, 4.69) is 21.4 Å². The first kappa shape index (κ1) is 20.4. The molecule has 0 bridgehead atoms. The number of hydrogen-bond donors (Lipinski definition) is 3. The maximum absolute atomic E-state index is 13.1. The first-order valence-corrected chi connectivity index (χ1v) is 9.79. The summed E-state index contributed by atoms with van der Waals surface area (Å²) in [6, 6.07) is 7.40. The van der Waals surface area contributed by atoms with Gasteiger partial charge in [0.05, 0.1) is 23.2 Å². The molecule has 1 aliphatic rings. The average molecular weight is 424 g/mol. The van der Waals surface area contributed by atoms with Gasteiger partial charge in [0.25, 0.3) is 5.91 Å². The number of hydrazone groups is 1. The molecule has 160 valence electrons. The van der Waals surface area contributed by atoms with Crippen molar-refractivity contribution in [3.63, 3.8) is 0 Å². The van der Waals surface area contributed by atoms with E-state index < -0.39 is 11.8 Å². The van der Waals surface area contributed by atoms with Gasteiger partial charge in [0.2, 0.25) is 0 Å². The van der Waals surface area contributed by atoms with Crippen LogP contribution in [0.5, 0.6) is 0 Å². The lowest BCUT2D eigenvalue weighted by Gasteiger charge is -2.13. The van der Waals surface area contributed by atoms with Crippen LogP contribution in [0.3, 0.4) is 0 Å². The summed E-state index contributed by atoms with van der Waals surface area (Å²) in [5.74, 6) is -0.136. The number of nitrogens with one attached hydrogen (secondary N) is 3. The number of hydrogen-bond acceptors (Lipinski definition) is 6. The Kier molecular flexibility index (Phi) is 5.57. The lowest BCUT2D eigenvalue weighted by Crippen LogP contribution is -2.41. The molecular formula is C22H21FN4O4. The van der Waals surface area contributed by atoms with E-state index in [9.17, 15) is 14.0 Å². The number of carbonyl (C=O) groups excluding carboxylic acids is 2. The molecule has 0 radical (unpaired) electrons. The number of furan rings is 2. The molecule has 0 spiro atoms. The fourth-order valence-corrected chi connectivity index (χ4v) is 3.51. The monoisotopic (exact) mass is 424 g/mol. The van der Waals surface area contributed by atoms with Crippen LogP contribution in [0.4, 0.5) is 10.1 Å². The van der Waals surface area contributed by atoms with Crippen molar-refractivity contribution in [3.8, 4) is 0 Å². The van der Waals surface area contributed by atoms with E-state index >= 15 is 0 Å². The van der Waals surface area contributed by atoms with Gasteiger partial charge in [-0.2, -0.15) is 5.10 Å². The largest absolute Gasteiger partial charge is 0.469 e. The third-order valence-electron chi connectivity index (χ3n) is 5.09. The van der Waals surface area contributed by atoms with Gasteiger partial charge in [-0.05, 0) is 57.0 Å². The number of aryl methyl sites for hydroxylation is 2. The molecule has 2 amide bonds. The van der Waals surface area contributed by atoms with Crippen molar-refractivity contribution in [1.29, 1.82) is 0 Å². The van der Waals surface area contributed by atoms with Gasteiger partial charge in [-0.25, -0.2) is 4.39 Å². The summed E-state index contributed by atoms with van der Waals surface area (Å²) in [4.78, 5) is 24.8. The fourth-order valence-electron chi connectivity index (χ4n) is 3.51. The molecule has 1 aliphatic carbocycles. The van der Waals surface area contributed by atoms with E-state index in [0.29, 0.717) is 41.2 Å². The third-order valence-corrected chi connectivity index (χ3v) is 5.09. The van der Waals surface area contributed by atoms with Gasteiger partial charge in [-0.3, -0.25) is 25.9 Å². The summed E-state index contributed by atoms with van der Waals surface area (Å²) in [6.07, 6.45) is 3.61. The number of hydrazine groups is 1. The molecule has 3 aromatic rings. The Hall–Kier alpha value is -3.88. The zero-order valence-electron chi connectivity index (χ0n) is 17.0. The second-order valence-corrected chi connectivity index (χ2v) is 7.18. The highest BCUT2D eigenvalue weighted by molar-refractivity contribution is 6.07. The fraction of sp³-hybridized carbons (Fsp3) is 0.227. The van der Waals surface area contributed by atoms with Gasteiger partial charge in [-0.15, -0.1) is 0 Å². The minimum Gasteiger partial charge on any atom is -0.469 e. The van der Waals surface area contributed by atoms with Crippen molar-refractivity contribution in [2.45, 2.75) is 33.1 Å². The molecule has 31 heavy (non-hydrogen) atoms. The minimum atomic E-state index is -0.563. The number of carbonyl (C=O) groups is 2. The maximum atomic E-state index is 13.1. The molecule has 1 aromatic carbocycles. The lowest BCUT2D eigenvalue weighted by atomic mass is 9.93. The van der Waals surface area contributed by atoms with Crippen LogP contribution in [0.15, 0.2) is 50.5 Å². The van der Waals surface area contributed by atoms with E-state index in [4.69, 9.17) is 8.83 Å². The van der Waals surface area contributed by atoms with Crippen LogP contribution < -0.4 is 16.3 Å². The van der Waals surface area contributed by atoms with Crippen LogP contribution in [0, 0.1) is 19.7 Å². The zero-order chi connectivity index (χ0) is 22.0. The molecule has 4 rings (SSSR count). The predicted octanol–water partition coefficient (Wildman–Crippen LogP) is 3.86. The highest BCUT2D eigenvalue weighted by atomic mass is 19.1. The maximum Gasteiger partial charge on any atom is 0.305 e. The van der Waals surface area contributed by atoms with Gasteiger partial charge < -0.3 is 8.83 Å². The molecule has 9 heteroatoms. The molecule has 2 heterocycles. The van der Waals surface area contributed by atoms with Crippen molar-refractivity contribution in [2.75, 3.05) is 5.43 Å². The molecule has 0 saturated carbocycles. The topological polar surface area (TPSA) is 109 Å². The van der Waals surface area contributed by atoms with Crippen LogP contribution in [0.1, 0.15) is 56.4 Å². The molecule has 2 aromatic heterocycles. The normalized spacial score (nSPS) is 14.2. The van der Waals surface area contributed by atoms with E-state index in [1.54, 1.807) is 26.0 Å². The number of benzene rings is 1. The second-order valence-electron chi connectivity index (χ2n) is 7.18. The zero-order valence-corrected chi connectivity index (χ0v) is 17.0. The van der Waals surface area contributed by atoms with Crippen LogP contribution in [-0.4, -0.2) is 17.5 Å². The van der Waals surface area contributed by atoms with Crippen molar-refractivity contribution in [1.82, 2.24) is 10.9 Å². The Bertz CT molecular complexity index is 1160. The summed E-state index contributed by atoms with van der Waals surface area (Å²) in [7, 11) is 0. The van der Waals surface area contributed by atoms with Gasteiger partial charge in [0.15, 0.2) is 5.76 Å². The van der Waals surface area contributed by atoms with Crippen molar-refractivity contribution >= 4 is 23.2 Å². The smallest absolute Gasteiger partial charge is 0.305 e. The highest BCUT2D eigenvalue weighted by Crippen LogP contribution is 2.30. The Balaban J connectivity index is 1.50. The second kappa shape index (κ2) is 8.47. The average Bonchev–Trinajstić information content (AvgIpc) is 3.35. The van der Waals surface area contributed by atoms with E-state index in [1.165, 1.54) is 24.5 Å². The van der Waals surface area contributed by atoms with E-state index in [0.717, 1.165) is 17.7 Å². The minimum absolute atomic E-state index is 0.116.